The normalized spacial score (nSPS) is 16.8. The van der Waals surface area contributed by atoms with Crippen LogP contribution >= 0.6 is 11.6 Å². The highest BCUT2D eigenvalue weighted by atomic mass is 35.5. The number of carbonyl (C=O) groups is 2. The molecule has 4 nitrogen and oxygen atoms in total. The number of nitrogens with zero attached hydrogens (tertiary/aromatic N) is 2. The van der Waals surface area contributed by atoms with Crippen molar-refractivity contribution in [2.75, 3.05) is 0 Å². The largest absolute Gasteiger partial charge is 0.292 e. The quantitative estimate of drug-likeness (QED) is 0.628. The van der Waals surface area contributed by atoms with Gasteiger partial charge in [0.05, 0.1) is 5.69 Å². The molecule has 1 unspecified atom stereocenters. The van der Waals surface area contributed by atoms with E-state index < -0.39 is 11.8 Å². The standard InChI is InChI=1S/C17H11ClN2O2/c18-12-7-8-14-13(10-12)17(22)16(20-19-14)15(21)9-6-11-4-2-1-3-5-11/h1-10,16H/b9-6+. The average molecular weight is 311 g/mol. The number of fused-ring (bicyclic) bond motifs is 1. The lowest BCUT2D eigenvalue weighted by molar-refractivity contribution is -0.114. The molecule has 1 aliphatic heterocycles. The van der Waals surface area contributed by atoms with Crippen LogP contribution in [-0.4, -0.2) is 17.6 Å². The Kier molecular flexibility index (Phi) is 3.94. The van der Waals surface area contributed by atoms with E-state index in [0.29, 0.717) is 16.3 Å². The fourth-order valence-corrected chi connectivity index (χ4v) is 2.30. The molecule has 0 fully saturated rings. The molecule has 0 aliphatic carbocycles. The Labute approximate surface area is 132 Å². The van der Waals surface area contributed by atoms with E-state index in [1.54, 1.807) is 18.2 Å². The number of hydrogen-bond donors (Lipinski definition) is 0. The maximum absolute atomic E-state index is 12.4. The lowest BCUT2D eigenvalue weighted by Gasteiger charge is -2.14. The Bertz CT molecular complexity index is 798. The van der Waals surface area contributed by atoms with Crippen molar-refractivity contribution in [1.29, 1.82) is 0 Å². The number of halogens is 1. The smallest absolute Gasteiger partial charge is 0.199 e. The van der Waals surface area contributed by atoms with Gasteiger partial charge in [0.2, 0.25) is 0 Å². The van der Waals surface area contributed by atoms with E-state index in [2.05, 4.69) is 10.2 Å². The summed E-state index contributed by atoms with van der Waals surface area (Å²) >= 11 is 5.89. The number of benzene rings is 2. The van der Waals surface area contributed by atoms with Crippen LogP contribution in [0.2, 0.25) is 5.02 Å². The van der Waals surface area contributed by atoms with E-state index >= 15 is 0 Å². The second-order valence-electron chi connectivity index (χ2n) is 4.79. The zero-order valence-electron chi connectivity index (χ0n) is 11.4. The number of azo groups is 1. The third kappa shape index (κ3) is 2.87. The molecule has 22 heavy (non-hydrogen) atoms. The van der Waals surface area contributed by atoms with Crippen molar-refractivity contribution in [2.24, 2.45) is 10.2 Å². The predicted molar refractivity (Wildman–Crippen MR) is 84.6 cm³/mol. The first kappa shape index (κ1) is 14.4. The van der Waals surface area contributed by atoms with E-state index in [1.807, 2.05) is 30.3 Å². The highest BCUT2D eigenvalue weighted by Gasteiger charge is 2.30. The van der Waals surface area contributed by atoms with E-state index in [4.69, 9.17) is 11.6 Å². The first-order valence-corrected chi connectivity index (χ1v) is 7.04. The fraction of sp³-hybridized carbons (Fsp3) is 0.0588. The molecule has 0 spiro atoms. The summed E-state index contributed by atoms with van der Waals surface area (Å²) in [5.74, 6) is -0.779. The van der Waals surface area contributed by atoms with Crippen molar-refractivity contribution in [3.05, 3.63) is 70.8 Å². The van der Waals surface area contributed by atoms with Crippen molar-refractivity contribution in [3.8, 4) is 0 Å². The summed E-state index contributed by atoms with van der Waals surface area (Å²) in [6, 6.07) is 13.0. The molecule has 0 radical (unpaired) electrons. The van der Waals surface area contributed by atoms with Gasteiger partial charge in [-0.15, -0.1) is 0 Å². The Morgan fingerprint density at radius 2 is 1.91 bits per heavy atom. The number of ketones is 2. The molecule has 0 N–H and O–H groups in total. The van der Waals surface area contributed by atoms with Crippen molar-refractivity contribution in [3.63, 3.8) is 0 Å². The van der Waals surface area contributed by atoms with Crippen LogP contribution in [0.25, 0.3) is 6.08 Å². The molecule has 1 heterocycles. The minimum atomic E-state index is -1.13. The predicted octanol–water partition coefficient (Wildman–Crippen LogP) is 4.27. The molecule has 3 rings (SSSR count). The highest BCUT2D eigenvalue weighted by Crippen LogP contribution is 2.29. The zero-order chi connectivity index (χ0) is 15.5. The second-order valence-corrected chi connectivity index (χ2v) is 5.23. The van der Waals surface area contributed by atoms with Gasteiger partial charge in [-0.1, -0.05) is 48.0 Å². The number of hydrogen-bond acceptors (Lipinski definition) is 4. The Hall–Kier alpha value is -2.59. The highest BCUT2D eigenvalue weighted by molar-refractivity contribution is 6.31. The fourth-order valence-electron chi connectivity index (χ4n) is 2.13. The molecule has 2 aromatic carbocycles. The van der Waals surface area contributed by atoms with Crippen molar-refractivity contribution < 1.29 is 9.59 Å². The minimum Gasteiger partial charge on any atom is -0.292 e. The van der Waals surface area contributed by atoms with Crippen LogP contribution in [0.1, 0.15) is 15.9 Å². The van der Waals surface area contributed by atoms with Crippen molar-refractivity contribution in [1.82, 2.24) is 0 Å². The third-order valence-corrected chi connectivity index (χ3v) is 3.50. The monoisotopic (exact) mass is 310 g/mol. The second kappa shape index (κ2) is 6.03. The van der Waals surface area contributed by atoms with Crippen LogP contribution in [0.4, 0.5) is 5.69 Å². The Morgan fingerprint density at radius 1 is 1.14 bits per heavy atom. The van der Waals surface area contributed by atoms with Gasteiger partial charge in [0, 0.05) is 10.6 Å². The van der Waals surface area contributed by atoms with Crippen LogP contribution in [0.3, 0.4) is 0 Å². The molecule has 1 aliphatic rings. The van der Waals surface area contributed by atoms with Gasteiger partial charge in [0.15, 0.2) is 17.6 Å². The van der Waals surface area contributed by atoms with Gasteiger partial charge in [-0.3, -0.25) is 9.59 Å². The lowest BCUT2D eigenvalue weighted by atomic mass is 9.98. The summed E-state index contributed by atoms with van der Waals surface area (Å²) < 4.78 is 0. The molecule has 5 heteroatoms. The van der Waals surface area contributed by atoms with Crippen LogP contribution in [0.15, 0.2) is 64.8 Å². The van der Waals surface area contributed by atoms with Gasteiger partial charge in [0.25, 0.3) is 0 Å². The van der Waals surface area contributed by atoms with Crippen LogP contribution < -0.4 is 0 Å². The SMILES string of the molecule is O=C(/C=C/c1ccccc1)C1N=Nc2ccc(Cl)cc2C1=O. The number of Topliss-reactive ketones (excluding diaryl/α,β-unsaturated/α-hetero) is 1. The van der Waals surface area contributed by atoms with E-state index in [1.165, 1.54) is 12.1 Å². The summed E-state index contributed by atoms with van der Waals surface area (Å²) in [5.41, 5.74) is 1.64. The topological polar surface area (TPSA) is 58.9 Å². The summed E-state index contributed by atoms with van der Waals surface area (Å²) in [4.78, 5) is 24.5. The molecule has 108 valence electrons. The minimum absolute atomic E-state index is 0.328. The van der Waals surface area contributed by atoms with Gasteiger partial charge >= 0.3 is 0 Å². The molecular weight excluding hydrogens is 300 g/mol. The molecule has 1 atom stereocenters. The maximum atomic E-state index is 12.4. The molecule has 0 saturated carbocycles. The first-order valence-electron chi connectivity index (χ1n) is 6.67. The van der Waals surface area contributed by atoms with E-state index in [-0.39, 0.29) is 5.78 Å². The van der Waals surface area contributed by atoms with E-state index in [9.17, 15) is 9.59 Å². The average Bonchev–Trinajstić information content (AvgIpc) is 2.54. The molecule has 0 aromatic heterocycles. The lowest BCUT2D eigenvalue weighted by Crippen LogP contribution is -2.28. The Morgan fingerprint density at radius 3 is 2.68 bits per heavy atom. The zero-order valence-corrected chi connectivity index (χ0v) is 12.2. The summed E-state index contributed by atoms with van der Waals surface area (Å²) in [6.45, 7) is 0. The van der Waals surface area contributed by atoms with Crippen molar-refractivity contribution in [2.45, 2.75) is 6.04 Å². The summed E-state index contributed by atoms with van der Waals surface area (Å²) in [5, 5.41) is 8.18. The van der Waals surface area contributed by atoms with E-state index in [0.717, 1.165) is 5.56 Å². The summed E-state index contributed by atoms with van der Waals surface area (Å²) in [6.07, 6.45) is 3.01. The van der Waals surface area contributed by atoms with Crippen LogP contribution in [0, 0.1) is 0 Å². The van der Waals surface area contributed by atoms with Crippen LogP contribution in [0.5, 0.6) is 0 Å². The molecule has 0 bridgehead atoms. The van der Waals surface area contributed by atoms with Gasteiger partial charge in [-0.05, 0) is 29.8 Å². The molecular formula is C17H11ClN2O2. The maximum Gasteiger partial charge on any atom is 0.199 e. The molecule has 0 saturated heterocycles. The van der Waals surface area contributed by atoms with Gasteiger partial charge in [-0.25, -0.2) is 0 Å². The summed E-state index contributed by atoms with van der Waals surface area (Å²) in [7, 11) is 0. The van der Waals surface area contributed by atoms with Gasteiger partial charge in [0.1, 0.15) is 0 Å². The molecule has 2 aromatic rings. The number of carbonyl (C=O) groups excluding carboxylic acids is 2. The molecule has 0 amide bonds. The Balaban J connectivity index is 1.83. The third-order valence-electron chi connectivity index (χ3n) is 3.26. The van der Waals surface area contributed by atoms with Gasteiger partial charge in [-0.2, -0.15) is 10.2 Å². The van der Waals surface area contributed by atoms with Crippen molar-refractivity contribution >= 4 is 34.9 Å². The first-order chi connectivity index (χ1) is 10.6. The van der Waals surface area contributed by atoms with Gasteiger partial charge < -0.3 is 0 Å². The van der Waals surface area contributed by atoms with Crippen LogP contribution in [-0.2, 0) is 4.79 Å². The number of rotatable bonds is 3.